The molecule has 0 bridgehead atoms. The molecule has 3 amide bonds. The molecule has 1 aromatic carbocycles. The molecule has 6 heteroatoms. The van der Waals surface area contributed by atoms with E-state index in [0.717, 1.165) is 4.90 Å². The van der Waals surface area contributed by atoms with Crippen molar-refractivity contribution in [2.45, 2.75) is 19.8 Å². The van der Waals surface area contributed by atoms with Crippen LogP contribution >= 0.6 is 0 Å². The summed E-state index contributed by atoms with van der Waals surface area (Å²) >= 11 is 0. The van der Waals surface area contributed by atoms with Crippen LogP contribution in [0.4, 0.5) is 5.69 Å². The summed E-state index contributed by atoms with van der Waals surface area (Å²) in [4.78, 5) is 49.1. The Morgan fingerprint density at radius 3 is 2.08 bits per heavy atom. The summed E-state index contributed by atoms with van der Waals surface area (Å²) in [6, 6.07) is 6.46. The molecule has 0 spiro atoms. The number of imide groups is 1. The van der Waals surface area contributed by atoms with Gasteiger partial charge in [-0.25, -0.2) is 0 Å². The molecule has 0 radical (unpaired) electrons. The average Bonchev–Trinajstić information content (AvgIpc) is 2.81. The van der Waals surface area contributed by atoms with Gasteiger partial charge in [0.1, 0.15) is 6.54 Å². The molecule has 1 aromatic rings. The predicted molar refractivity (Wildman–Crippen MR) is 87.2 cm³/mol. The van der Waals surface area contributed by atoms with Gasteiger partial charge in [-0.1, -0.05) is 12.2 Å². The van der Waals surface area contributed by atoms with Gasteiger partial charge < -0.3 is 5.32 Å². The number of allylic oxidation sites excluding steroid dienone is 2. The number of hydrogen-bond acceptors (Lipinski definition) is 4. The monoisotopic (exact) mass is 326 g/mol. The quantitative estimate of drug-likeness (QED) is 0.519. The molecule has 1 N–H and O–H groups in total. The van der Waals surface area contributed by atoms with Gasteiger partial charge in [0.2, 0.25) is 17.7 Å². The third kappa shape index (κ3) is 2.99. The highest BCUT2D eigenvalue weighted by atomic mass is 16.2. The topological polar surface area (TPSA) is 83.6 Å². The van der Waals surface area contributed by atoms with E-state index in [9.17, 15) is 19.2 Å². The lowest BCUT2D eigenvalue weighted by molar-refractivity contribution is -0.142. The summed E-state index contributed by atoms with van der Waals surface area (Å²) in [7, 11) is 0. The van der Waals surface area contributed by atoms with Crippen LogP contribution < -0.4 is 5.32 Å². The lowest BCUT2D eigenvalue weighted by Crippen LogP contribution is -2.38. The Hall–Kier alpha value is -2.76. The van der Waals surface area contributed by atoms with Crippen molar-refractivity contribution in [3.8, 4) is 0 Å². The Labute approximate surface area is 139 Å². The second-order valence-electron chi connectivity index (χ2n) is 6.10. The number of amides is 3. The molecule has 1 saturated heterocycles. The Kier molecular flexibility index (Phi) is 4.29. The van der Waals surface area contributed by atoms with E-state index < -0.39 is 5.91 Å². The summed E-state index contributed by atoms with van der Waals surface area (Å²) in [5.74, 6) is -1.68. The molecule has 6 nitrogen and oxygen atoms in total. The Morgan fingerprint density at radius 2 is 1.58 bits per heavy atom. The minimum absolute atomic E-state index is 0.0580. The largest absolute Gasteiger partial charge is 0.325 e. The highest BCUT2D eigenvalue weighted by molar-refractivity contribution is 6.08. The number of ketones is 1. The smallest absolute Gasteiger partial charge is 0.244 e. The van der Waals surface area contributed by atoms with Crippen LogP contribution in [-0.4, -0.2) is 34.9 Å². The Balaban J connectivity index is 1.63. The number of rotatable bonds is 4. The van der Waals surface area contributed by atoms with Crippen LogP contribution in [0.1, 0.15) is 30.1 Å². The summed E-state index contributed by atoms with van der Waals surface area (Å²) in [6.07, 6.45) is 4.93. The van der Waals surface area contributed by atoms with Gasteiger partial charge in [0.15, 0.2) is 5.78 Å². The molecule has 1 aliphatic carbocycles. The van der Waals surface area contributed by atoms with Crippen LogP contribution in [0.2, 0.25) is 0 Å². The molecule has 3 rings (SSSR count). The second kappa shape index (κ2) is 6.39. The van der Waals surface area contributed by atoms with Crippen molar-refractivity contribution in [1.29, 1.82) is 0 Å². The molecule has 2 atom stereocenters. The molecule has 124 valence electrons. The number of likely N-dealkylation sites (tertiary alicyclic amines) is 1. The summed E-state index contributed by atoms with van der Waals surface area (Å²) in [5.41, 5.74) is 1.07. The molecule has 0 unspecified atom stereocenters. The Bertz CT molecular complexity index is 710. The molecule has 1 fully saturated rings. The van der Waals surface area contributed by atoms with Gasteiger partial charge in [-0.2, -0.15) is 0 Å². The Morgan fingerprint density at radius 1 is 1.04 bits per heavy atom. The van der Waals surface area contributed by atoms with Crippen LogP contribution in [0, 0.1) is 11.8 Å². The normalized spacial score (nSPS) is 22.5. The van der Waals surface area contributed by atoms with Crippen molar-refractivity contribution in [3.05, 3.63) is 42.0 Å². The van der Waals surface area contributed by atoms with Gasteiger partial charge >= 0.3 is 0 Å². The van der Waals surface area contributed by atoms with E-state index in [2.05, 4.69) is 5.32 Å². The number of carbonyl (C=O) groups is 4. The van der Waals surface area contributed by atoms with Crippen molar-refractivity contribution in [1.82, 2.24) is 4.90 Å². The van der Waals surface area contributed by atoms with E-state index in [-0.39, 0.29) is 36.0 Å². The number of fused-ring (bicyclic) bond motifs is 1. The molecule has 2 aliphatic rings. The zero-order valence-corrected chi connectivity index (χ0v) is 13.3. The molecule has 24 heavy (non-hydrogen) atoms. The molecule has 1 aliphatic heterocycles. The van der Waals surface area contributed by atoms with Crippen molar-refractivity contribution in [2.75, 3.05) is 11.9 Å². The van der Waals surface area contributed by atoms with Gasteiger partial charge in [0.05, 0.1) is 11.8 Å². The number of carbonyl (C=O) groups excluding carboxylic acids is 4. The third-order valence-electron chi connectivity index (χ3n) is 4.48. The lowest BCUT2D eigenvalue weighted by atomic mass is 9.85. The number of benzene rings is 1. The standard InChI is InChI=1S/C18H18N2O4/c1-11(21)12-6-8-13(9-7-12)19-16(22)10-20-17(23)14-4-2-3-5-15(14)18(20)24/h2-3,6-9,14-15H,4-5,10H2,1H3,(H,19,22)/t14-,15-/m1/s1. The number of Topliss-reactive ketones (excluding diaryl/α,β-unsaturated/α-hetero) is 1. The van der Waals surface area contributed by atoms with Crippen molar-refractivity contribution in [3.63, 3.8) is 0 Å². The molecule has 0 aromatic heterocycles. The fraction of sp³-hybridized carbons (Fsp3) is 0.333. The number of nitrogens with one attached hydrogen (secondary N) is 1. The SMILES string of the molecule is CC(=O)c1ccc(NC(=O)CN2C(=O)[C@@H]3CC=CC[C@H]3C2=O)cc1. The van der Waals surface area contributed by atoms with Crippen molar-refractivity contribution < 1.29 is 19.2 Å². The highest BCUT2D eigenvalue weighted by Gasteiger charge is 2.47. The van der Waals surface area contributed by atoms with E-state index in [1.54, 1.807) is 24.3 Å². The summed E-state index contributed by atoms with van der Waals surface area (Å²) in [6.45, 7) is 1.19. The third-order valence-corrected chi connectivity index (χ3v) is 4.48. The first kappa shape index (κ1) is 16.1. The summed E-state index contributed by atoms with van der Waals surface area (Å²) in [5, 5.41) is 2.65. The van der Waals surface area contributed by atoms with Crippen LogP contribution in [-0.2, 0) is 14.4 Å². The lowest BCUT2D eigenvalue weighted by Gasteiger charge is -2.14. The molecule has 0 saturated carbocycles. The number of nitrogens with zero attached hydrogens (tertiary/aromatic N) is 1. The zero-order valence-electron chi connectivity index (χ0n) is 13.3. The summed E-state index contributed by atoms with van der Waals surface area (Å²) < 4.78 is 0. The van der Waals surface area contributed by atoms with E-state index in [4.69, 9.17) is 0 Å². The van der Waals surface area contributed by atoms with E-state index in [1.807, 2.05) is 12.2 Å². The fourth-order valence-corrected chi connectivity index (χ4v) is 3.16. The maximum atomic E-state index is 12.3. The molecule has 1 heterocycles. The highest BCUT2D eigenvalue weighted by Crippen LogP contribution is 2.34. The van der Waals surface area contributed by atoms with E-state index in [0.29, 0.717) is 24.1 Å². The minimum atomic E-state index is -0.432. The van der Waals surface area contributed by atoms with Crippen LogP contribution in [0.3, 0.4) is 0 Å². The van der Waals surface area contributed by atoms with E-state index >= 15 is 0 Å². The van der Waals surface area contributed by atoms with Gasteiger partial charge in [-0.3, -0.25) is 24.1 Å². The minimum Gasteiger partial charge on any atom is -0.325 e. The molecular weight excluding hydrogens is 308 g/mol. The van der Waals surface area contributed by atoms with Gasteiger partial charge in [-0.15, -0.1) is 0 Å². The molecular formula is C18H18N2O4. The number of hydrogen-bond donors (Lipinski definition) is 1. The maximum absolute atomic E-state index is 12.3. The first-order valence-corrected chi connectivity index (χ1v) is 7.88. The van der Waals surface area contributed by atoms with Gasteiger partial charge in [0.25, 0.3) is 0 Å². The maximum Gasteiger partial charge on any atom is 0.244 e. The predicted octanol–water partition coefficient (Wildman–Crippen LogP) is 1.78. The van der Waals surface area contributed by atoms with Crippen LogP contribution in [0.5, 0.6) is 0 Å². The van der Waals surface area contributed by atoms with E-state index in [1.165, 1.54) is 6.92 Å². The van der Waals surface area contributed by atoms with Crippen LogP contribution in [0.15, 0.2) is 36.4 Å². The van der Waals surface area contributed by atoms with Crippen LogP contribution in [0.25, 0.3) is 0 Å². The van der Waals surface area contributed by atoms with Crippen molar-refractivity contribution >= 4 is 29.2 Å². The average molecular weight is 326 g/mol. The fourth-order valence-electron chi connectivity index (χ4n) is 3.16. The zero-order chi connectivity index (χ0) is 17.3. The van der Waals surface area contributed by atoms with Crippen molar-refractivity contribution in [2.24, 2.45) is 11.8 Å². The first-order valence-electron chi connectivity index (χ1n) is 7.88. The second-order valence-corrected chi connectivity index (χ2v) is 6.10. The number of anilines is 1. The van der Waals surface area contributed by atoms with Gasteiger partial charge in [-0.05, 0) is 44.0 Å². The first-order chi connectivity index (χ1) is 11.5. The van der Waals surface area contributed by atoms with Gasteiger partial charge in [0, 0.05) is 11.3 Å².